The number of carbonyl (C=O) groups excluding carboxylic acids is 1. The first-order valence-electron chi connectivity index (χ1n) is 5.80. The van der Waals surface area contributed by atoms with Crippen molar-refractivity contribution in [1.29, 1.82) is 5.26 Å². The molecule has 1 heterocycles. The van der Waals surface area contributed by atoms with E-state index in [1.165, 1.54) is 12.8 Å². The molecule has 0 radical (unpaired) electrons. The minimum Gasteiger partial charge on any atom is -0.300 e. The Balaban J connectivity index is 2.67. The zero-order valence-corrected chi connectivity index (χ0v) is 9.70. The fourth-order valence-electron chi connectivity index (χ4n) is 2.33. The van der Waals surface area contributed by atoms with Gasteiger partial charge in [0.05, 0.1) is 12.1 Å². The van der Waals surface area contributed by atoms with Crippen molar-refractivity contribution in [1.82, 2.24) is 4.90 Å². The summed E-state index contributed by atoms with van der Waals surface area (Å²) in [4.78, 5) is 13.4. The van der Waals surface area contributed by atoms with Crippen LogP contribution in [0.4, 0.5) is 0 Å². The van der Waals surface area contributed by atoms with Crippen LogP contribution in [0.15, 0.2) is 0 Å². The molecule has 15 heavy (non-hydrogen) atoms. The molecule has 1 aliphatic rings. The molecule has 84 valence electrons. The number of rotatable bonds is 3. The van der Waals surface area contributed by atoms with E-state index in [2.05, 4.69) is 11.0 Å². The summed E-state index contributed by atoms with van der Waals surface area (Å²) in [5.41, 5.74) is 0. The number of likely N-dealkylation sites (tertiary alicyclic amines) is 1. The maximum atomic E-state index is 11.2. The summed E-state index contributed by atoms with van der Waals surface area (Å²) >= 11 is 0. The summed E-state index contributed by atoms with van der Waals surface area (Å²) < 4.78 is 0. The molecule has 2 atom stereocenters. The lowest BCUT2D eigenvalue weighted by Crippen LogP contribution is -2.41. The lowest BCUT2D eigenvalue weighted by Gasteiger charge is -2.31. The molecule has 2 unspecified atom stereocenters. The third-order valence-electron chi connectivity index (χ3n) is 3.13. The second kappa shape index (κ2) is 5.87. The van der Waals surface area contributed by atoms with Crippen LogP contribution in [0.1, 0.15) is 46.0 Å². The monoisotopic (exact) mass is 208 g/mol. The quantitative estimate of drug-likeness (QED) is 0.713. The summed E-state index contributed by atoms with van der Waals surface area (Å²) in [5.74, 6) is 0.233. The van der Waals surface area contributed by atoms with Gasteiger partial charge in [-0.05, 0) is 33.2 Å². The lowest BCUT2D eigenvalue weighted by molar-refractivity contribution is -0.118. The summed E-state index contributed by atoms with van der Waals surface area (Å²) in [7, 11) is 0. The fourth-order valence-corrected chi connectivity index (χ4v) is 2.33. The number of Topliss-reactive ketones (excluding diaryl/α,β-unsaturated/α-hetero) is 1. The van der Waals surface area contributed by atoms with E-state index in [1.807, 2.05) is 6.92 Å². The van der Waals surface area contributed by atoms with Crippen LogP contribution in [-0.2, 0) is 4.79 Å². The van der Waals surface area contributed by atoms with Crippen LogP contribution in [0.5, 0.6) is 0 Å². The van der Waals surface area contributed by atoms with Crippen LogP contribution in [0.2, 0.25) is 0 Å². The third-order valence-corrected chi connectivity index (χ3v) is 3.13. The highest BCUT2D eigenvalue weighted by Crippen LogP contribution is 2.21. The Bertz CT molecular complexity index is 257. The molecule has 0 bridgehead atoms. The molecule has 3 nitrogen and oxygen atoms in total. The van der Waals surface area contributed by atoms with Crippen LogP contribution in [0.25, 0.3) is 0 Å². The van der Waals surface area contributed by atoms with E-state index < -0.39 is 0 Å². The van der Waals surface area contributed by atoms with E-state index in [-0.39, 0.29) is 11.8 Å². The Morgan fingerprint density at radius 3 is 2.87 bits per heavy atom. The van der Waals surface area contributed by atoms with E-state index in [4.69, 9.17) is 5.26 Å². The molecule has 0 amide bonds. The van der Waals surface area contributed by atoms with Crippen molar-refractivity contribution >= 4 is 5.78 Å². The molecule has 0 saturated carbocycles. The Kier molecular flexibility index (Phi) is 4.77. The standard InChI is InChI=1S/C12H20N2O/c1-10(9-13)14-7-5-3-4-6-12(14)8-11(2)15/h10,12H,3-8H2,1-2H3. The first kappa shape index (κ1) is 12.2. The van der Waals surface area contributed by atoms with Crippen LogP contribution in [0.3, 0.4) is 0 Å². The lowest BCUT2D eigenvalue weighted by atomic mass is 10.0. The van der Waals surface area contributed by atoms with Gasteiger partial charge in [-0.15, -0.1) is 0 Å². The van der Waals surface area contributed by atoms with E-state index in [1.54, 1.807) is 6.92 Å². The highest BCUT2D eigenvalue weighted by atomic mass is 16.1. The summed E-state index contributed by atoms with van der Waals surface area (Å²) in [6.45, 7) is 4.53. The van der Waals surface area contributed by atoms with E-state index >= 15 is 0 Å². The molecule has 0 spiro atoms. The van der Waals surface area contributed by atoms with Crippen molar-refractivity contribution in [2.75, 3.05) is 6.54 Å². The summed E-state index contributed by atoms with van der Waals surface area (Å²) in [5, 5.41) is 8.95. The largest absolute Gasteiger partial charge is 0.300 e. The molecule has 0 aliphatic carbocycles. The SMILES string of the molecule is CC(=O)CC1CCCCCN1C(C)C#N. The van der Waals surface area contributed by atoms with Gasteiger partial charge in [-0.1, -0.05) is 12.8 Å². The molecule has 0 aromatic heterocycles. The first-order chi connectivity index (χ1) is 7.15. The van der Waals surface area contributed by atoms with Crippen LogP contribution in [-0.4, -0.2) is 29.3 Å². The van der Waals surface area contributed by atoms with Crippen molar-refractivity contribution in [2.24, 2.45) is 0 Å². The van der Waals surface area contributed by atoms with Crippen molar-refractivity contribution in [2.45, 2.75) is 58.0 Å². The van der Waals surface area contributed by atoms with Gasteiger partial charge >= 0.3 is 0 Å². The molecule has 1 fully saturated rings. The summed E-state index contributed by atoms with van der Waals surface area (Å²) in [6.07, 6.45) is 5.23. The smallest absolute Gasteiger partial charge is 0.131 e. The Morgan fingerprint density at radius 1 is 1.53 bits per heavy atom. The highest BCUT2D eigenvalue weighted by molar-refractivity contribution is 5.76. The number of hydrogen-bond acceptors (Lipinski definition) is 3. The Labute approximate surface area is 92.1 Å². The van der Waals surface area contributed by atoms with Gasteiger partial charge in [0.15, 0.2) is 0 Å². The normalized spacial score (nSPS) is 25.3. The van der Waals surface area contributed by atoms with Gasteiger partial charge in [0.1, 0.15) is 5.78 Å². The summed E-state index contributed by atoms with van der Waals surface area (Å²) in [6, 6.07) is 2.51. The highest BCUT2D eigenvalue weighted by Gasteiger charge is 2.25. The second-order valence-corrected chi connectivity index (χ2v) is 4.45. The number of nitrogens with zero attached hydrogens (tertiary/aromatic N) is 2. The molecular weight excluding hydrogens is 188 g/mol. The molecule has 1 saturated heterocycles. The second-order valence-electron chi connectivity index (χ2n) is 4.45. The Hall–Kier alpha value is -0.880. The van der Waals surface area contributed by atoms with Crippen molar-refractivity contribution < 1.29 is 4.79 Å². The fraction of sp³-hybridized carbons (Fsp3) is 0.833. The minimum absolute atomic E-state index is 0.0625. The van der Waals surface area contributed by atoms with Crippen LogP contribution >= 0.6 is 0 Å². The molecule has 0 aromatic rings. The first-order valence-corrected chi connectivity index (χ1v) is 5.80. The molecule has 0 aromatic carbocycles. The topological polar surface area (TPSA) is 44.1 Å². The number of nitriles is 1. The third kappa shape index (κ3) is 3.64. The van der Waals surface area contributed by atoms with E-state index in [0.29, 0.717) is 12.5 Å². The number of hydrogen-bond donors (Lipinski definition) is 0. The Morgan fingerprint density at radius 2 is 2.27 bits per heavy atom. The van der Waals surface area contributed by atoms with Gasteiger partial charge in [0, 0.05) is 12.5 Å². The number of ketones is 1. The average Bonchev–Trinajstić information content (AvgIpc) is 2.41. The van der Waals surface area contributed by atoms with Crippen molar-refractivity contribution in [3.8, 4) is 6.07 Å². The zero-order valence-electron chi connectivity index (χ0n) is 9.70. The predicted octanol–water partition coefficient (Wildman–Crippen LogP) is 2.12. The van der Waals surface area contributed by atoms with Gasteiger partial charge in [-0.3, -0.25) is 9.69 Å². The minimum atomic E-state index is -0.0625. The molecule has 3 heteroatoms. The van der Waals surface area contributed by atoms with Gasteiger partial charge in [0.25, 0.3) is 0 Å². The van der Waals surface area contributed by atoms with Gasteiger partial charge in [-0.2, -0.15) is 5.26 Å². The van der Waals surface area contributed by atoms with Gasteiger partial charge < -0.3 is 0 Å². The maximum absolute atomic E-state index is 11.2. The predicted molar refractivity (Wildman–Crippen MR) is 59.3 cm³/mol. The molecular formula is C12H20N2O. The van der Waals surface area contributed by atoms with Crippen molar-refractivity contribution in [3.63, 3.8) is 0 Å². The van der Waals surface area contributed by atoms with Crippen molar-refractivity contribution in [3.05, 3.63) is 0 Å². The van der Waals surface area contributed by atoms with E-state index in [9.17, 15) is 4.79 Å². The number of carbonyl (C=O) groups is 1. The average molecular weight is 208 g/mol. The van der Waals surface area contributed by atoms with Gasteiger partial charge in [0.2, 0.25) is 0 Å². The molecule has 0 N–H and O–H groups in total. The molecule has 1 aliphatic heterocycles. The van der Waals surface area contributed by atoms with E-state index in [0.717, 1.165) is 19.4 Å². The van der Waals surface area contributed by atoms with Crippen LogP contribution < -0.4 is 0 Å². The van der Waals surface area contributed by atoms with Gasteiger partial charge in [-0.25, -0.2) is 0 Å². The molecule has 1 rings (SSSR count). The zero-order chi connectivity index (χ0) is 11.3. The van der Waals surface area contributed by atoms with Crippen LogP contribution in [0, 0.1) is 11.3 Å². The maximum Gasteiger partial charge on any atom is 0.131 e.